The van der Waals surface area contributed by atoms with Gasteiger partial charge in [0.05, 0.1) is 6.61 Å². The zero-order valence-electron chi connectivity index (χ0n) is 22.7. The summed E-state index contributed by atoms with van der Waals surface area (Å²) in [7, 11) is 1.51. The Hall–Kier alpha value is -4.44. The van der Waals surface area contributed by atoms with E-state index < -0.39 is 11.7 Å². The van der Waals surface area contributed by atoms with E-state index in [9.17, 15) is 18.8 Å². The van der Waals surface area contributed by atoms with Crippen molar-refractivity contribution in [1.29, 1.82) is 0 Å². The molecule has 9 nitrogen and oxygen atoms in total. The topological polar surface area (TPSA) is 94.2 Å². The van der Waals surface area contributed by atoms with Crippen LogP contribution in [0.25, 0.3) is 0 Å². The highest BCUT2D eigenvalue weighted by Gasteiger charge is 2.22. The summed E-state index contributed by atoms with van der Waals surface area (Å²) in [6, 6.07) is 20.4. The molecule has 0 saturated carbocycles. The molecule has 3 aromatic rings. The number of nitrogens with zero attached hydrogens (tertiary/aromatic N) is 3. The molecule has 3 aromatic carbocycles. The molecule has 0 unspecified atom stereocenters. The number of rotatable bonds is 9. The number of halogens is 1. The molecule has 1 fully saturated rings. The molecule has 1 heterocycles. The maximum absolute atomic E-state index is 13.6. The fraction of sp³-hybridized carbons (Fsp3) is 0.300. The van der Waals surface area contributed by atoms with Gasteiger partial charge in [0.2, 0.25) is 5.91 Å². The Morgan fingerprint density at radius 2 is 1.55 bits per heavy atom. The molecule has 0 radical (unpaired) electrons. The van der Waals surface area contributed by atoms with E-state index in [1.54, 1.807) is 17.0 Å². The molecule has 2 N–H and O–H groups in total. The number of methoxy groups -OCH3 is 1. The van der Waals surface area contributed by atoms with Crippen LogP contribution in [0.1, 0.15) is 15.9 Å². The van der Waals surface area contributed by atoms with Crippen LogP contribution in [0.15, 0.2) is 72.8 Å². The van der Waals surface area contributed by atoms with Crippen LogP contribution < -0.4 is 15.5 Å². The van der Waals surface area contributed by atoms with Gasteiger partial charge in [-0.15, -0.1) is 0 Å². The minimum absolute atomic E-state index is 0.114. The summed E-state index contributed by atoms with van der Waals surface area (Å²) in [5.41, 5.74) is 3.66. The number of carbonyl (C=O) groups is 3. The van der Waals surface area contributed by atoms with Crippen LogP contribution in [0.5, 0.6) is 0 Å². The fourth-order valence-electron chi connectivity index (χ4n) is 4.39. The van der Waals surface area contributed by atoms with E-state index in [4.69, 9.17) is 4.74 Å². The van der Waals surface area contributed by atoms with Crippen LogP contribution in [0.4, 0.5) is 26.2 Å². The van der Waals surface area contributed by atoms with Crippen molar-refractivity contribution < 1.29 is 23.5 Å². The summed E-state index contributed by atoms with van der Waals surface area (Å²) >= 11 is 0. The Labute approximate surface area is 233 Å². The summed E-state index contributed by atoms with van der Waals surface area (Å²) in [4.78, 5) is 43.6. The summed E-state index contributed by atoms with van der Waals surface area (Å²) in [5.74, 6) is -1.34. The first-order valence-electron chi connectivity index (χ1n) is 13.1. The van der Waals surface area contributed by atoms with Crippen LogP contribution in [-0.2, 0) is 9.53 Å². The van der Waals surface area contributed by atoms with E-state index in [0.29, 0.717) is 31.9 Å². The SMILES string of the molecule is COCCN(CC(=O)Nc1ccc(N2CCN(C(=O)Nc3ccc(C)cc3)CC2)cc1)C(=O)c1cccc(F)c1. The monoisotopic (exact) mass is 547 g/mol. The average molecular weight is 548 g/mol. The van der Waals surface area contributed by atoms with Gasteiger partial charge >= 0.3 is 6.03 Å². The summed E-state index contributed by atoms with van der Waals surface area (Å²) in [6.07, 6.45) is 0. The number of nitrogens with one attached hydrogen (secondary N) is 2. The average Bonchev–Trinajstić information content (AvgIpc) is 2.96. The van der Waals surface area contributed by atoms with Gasteiger partial charge in [0.15, 0.2) is 0 Å². The van der Waals surface area contributed by atoms with Crippen molar-refractivity contribution >= 4 is 34.9 Å². The predicted octanol–water partition coefficient (Wildman–Crippen LogP) is 4.22. The van der Waals surface area contributed by atoms with Crippen LogP contribution >= 0.6 is 0 Å². The smallest absolute Gasteiger partial charge is 0.321 e. The van der Waals surface area contributed by atoms with Crippen LogP contribution in [-0.4, -0.2) is 80.6 Å². The Bertz CT molecular complexity index is 1310. The van der Waals surface area contributed by atoms with Gasteiger partial charge in [-0.3, -0.25) is 9.59 Å². The van der Waals surface area contributed by atoms with Crippen molar-refractivity contribution in [2.24, 2.45) is 0 Å². The lowest BCUT2D eigenvalue weighted by molar-refractivity contribution is -0.117. The number of amides is 4. The number of urea groups is 1. The van der Waals surface area contributed by atoms with Crippen molar-refractivity contribution in [3.05, 3.63) is 89.7 Å². The van der Waals surface area contributed by atoms with Crippen molar-refractivity contribution in [2.75, 3.05) is 68.5 Å². The molecule has 0 aromatic heterocycles. The molecule has 0 bridgehead atoms. The maximum atomic E-state index is 13.6. The molecule has 1 saturated heterocycles. The number of carbonyl (C=O) groups excluding carboxylic acids is 3. The maximum Gasteiger partial charge on any atom is 0.321 e. The lowest BCUT2D eigenvalue weighted by Gasteiger charge is -2.36. The van der Waals surface area contributed by atoms with E-state index in [1.165, 1.54) is 30.2 Å². The normalized spacial score (nSPS) is 13.1. The van der Waals surface area contributed by atoms with E-state index in [2.05, 4.69) is 15.5 Å². The molecule has 1 aliphatic rings. The Morgan fingerprint density at radius 1 is 0.900 bits per heavy atom. The zero-order chi connectivity index (χ0) is 28.5. The van der Waals surface area contributed by atoms with E-state index in [1.807, 2.05) is 43.3 Å². The van der Waals surface area contributed by atoms with Gasteiger partial charge < -0.3 is 30.1 Å². The first-order valence-corrected chi connectivity index (χ1v) is 13.1. The van der Waals surface area contributed by atoms with Crippen molar-refractivity contribution in [3.8, 4) is 0 Å². The van der Waals surface area contributed by atoms with E-state index in [-0.39, 0.29) is 37.2 Å². The van der Waals surface area contributed by atoms with Gasteiger partial charge in [-0.1, -0.05) is 23.8 Å². The number of hydrogen-bond donors (Lipinski definition) is 2. The Kier molecular flexibility index (Phi) is 9.69. The van der Waals surface area contributed by atoms with E-state index >= 15 is 0 Å². The number of piperazine rings is 1. The predicted molar refractivity (Wildman–Crippen MR) is 153 cm³/mol. The first kappa shape index (κ1) is 28.6. The zero-order valence-corrected chi connectivity index (χ0v) is 22.7. The molecule has 4 amide bonds. The molecular formula is C30H34FN5O4. The standard InChI is InChI=1S/C30H34FN5O4/c1-22-6-8-26(9-7-22)33-30(39)35-16-14-34(15-17-35)27-12-10-25(11-13-27)32-28(37)21-36(18-19-40-2)29(38)23-4-3-5-24(31)20-23/h3-13,20H,14-19,21H2,1-2H3,(H,32,37)(H,33,39). The number of hydrogen-bond acceptors (Lipinski definition) is 5. The third kappa shape index (κ3) is 7.79. The summed E-state index contributed by atoms with van der Waals surface area (Å²) < 4.78 is 18.7. The first-order chi connectivity index (χ1) is 19.3. The number of ether oxygens (including phenoxy) is 1. The minimum Gasteiger partial charge on any atom is -0.383 e. The largest absolute Gasteiger partial charge is 0.383 e. The molecule has 40 heavy (non-hydrogen) atoms. The molecule has 0 aliphatic carbocycles. The minimum atomic E-state index is -0.519. The van der Waals surface area contributed by atoms with Crippen molar-refractivity contribution in [3.63, 3.8) is 0 Å². The molecular weight excluding hydrogens is 513 g/mol. The Morgan fingerprint density at radius 3 is 2.20 bits per heavy atom. The highest BCUT2D eigenvalue weighted by molar-refractivity contribution is 5.99. The van der Waals surface area contributed by atoms with Gasteiger partial charge in [-0.2, -0.15) is 0 Å². The van der Waals surface area contributed by atoms with E-state index in [0.717, 1.165) is 23.0 Å². The van der Waals surface area contributed by atoms with Crippen molar-refractivity contribution in [1.82, 2.24) is 9.80 Å². The lowest BCUT2D eigenvalue weighted by atomic mass is 10.2. The van der Waals surface area contributed by atoms with Gasteiger partial charge in [0, 0.05) is 62.5 Å². The third-order valence-corrected chi connectivity index (χ3v) is 6.64. The molecule has 10 heteroatoms. The molecule has 1 aliphatic heterocycles. The molecule has 0 atom stereocenters. The lowest BCUT2D eigenvalue weighted by Crippen LogP contribution is -2.50. The summed E-state index contributed by atoms with van der Waals surface area (Å²) in [5, 5.41) is 5.76. The number of benzene rings is 3. The van der Waals surface area contributed by atoms with Gasteiger partial charge in [-0.05, 0) is 61.5 Å². The van der Waals surface area contributed by atoms with Crippen LogP contribution in [0.2, 0.25) is 0 Å². The molecule has 0 spiro atoms. The van der Waals surface area contributed by atoms with Gasteiger partial charge in [0.25, 0.3) is 5.91 Å². The summed E-state index contributed by atoms with van der Waals surface area (Å²) in [6.45, 7) is 4.78. The highest BCUT2D eigenvalue weighted by Crippen LogP contribution is 2.20. The highest BCUT2D eigenvalue weighted by atomic mass is 19.1. The second-order valence-electron chi connectivity index (χ2n) is 9.60. The van der Waals surface area contributed by atoms with Crippen LogP contribution in [0.3, 0.4) is 0 Å². The second kappa shape index (κ2) is 13.6. The number of anilines is 3. The quantitative estimate of drug-likeness (QED) is 0.419. The van der Waals surface area contributed by atoms with Gasteiger partial charge in [-0.25, -0.2) is 9.18 Å². The number of aryl methyl sites for hydroxylation is 1. The van der Waals surface area contributed by atoms with Crippen molar-refractivity contribution in [2.45, 2.75) is 6.92 Å². The fourth-order valence-corrected chi connectivity index (χ4v) is 4.39. The third-order valence-electron chi connectivity index (χ3n) is 6.64. The van der Waals surface area contributed by atoms with Gasteiger partial charge in [0.1, 0.15) is 12.4 Å². The second-order valence-corrected chi connectivity index (χ2v) is 9.60. The molecule has 210 valence electrons. The van der Waals surface area contributed by atoms with Crippen LogP contribution in [0, 0.1) is 12.7 Å². The Balaban J connectivity index is 1.28. The molecule has 4 rings (SSSR count).